The lowest BCUT2D eigenvalue weighted by molar-refractivity contribution is -0.115. The number of hydrogen-bond acceptors (Lipinski definition) is 6. The topological polar surface area (TPSA) is 108 Å². The van der Waals surface area contributed by atoms with Crippen molar-refractivity contribution in [2.75, 3.05) is 22.5 Å². The van der Waals surface area contributed by atoms with E-state index in [0.717, 1.165) is 41.3 Å². The Bertz CT molecular complexity index is 898. The number of aromatic nitrogens is 4. The Labute approximate surface area is 158 Å². The quantitative estimate of drug-likeness (QED) is 0.448. The molecule has 1 aromatic carbocycles. The van der Waals surface area contributed by atoms with Crippen LogP contribution in [-0.4, -0.2) is 40.2 Å². The first-order chi connectivity index (χ1) is 13.1. The third kappa shape index (κ3) is 5.31. The molecule has 0 fully saturated rings. The fourth-order valence-electron chi connectivity index (χ4n) is 2.47. The van der Waals surface area contributed by atoms with Gasteiger partial charge >= 0.3 is 0 Å². The number of nitrogens with zero attached hydrogens (tertiary/aromatic N) is 3. The molecule has 4 N–H and O–H groups in total. The maximum Gasteiger partial charge on any atom is 0.229 e. The molecule has 3 aromatic rings. The van der Waals surface area contributed by atoms with E-state index in [4.69, 9.17) is 0 Å². The normalized spacial score (nSPS) is 10.4. The molecular weight excluding hydrogens is 341 g/mol. The van der Waals surface area contributed by atoms with E-state index in [1.54, 1.807) is 12.5 Å². The van der Waals surface area contributed by atoms with Crippen molar-refractivity contribution in [2.45, 2.75) is 19.8 Å². The Morgan fingerprint density at radius 3 is 2.89 bits per heavy atom. The summed E-state index contributed by atoms with van der Waals surface area (Å²) in [4.78, 5) is 27.6. The molecule has 8 nitrogen and oxygen atoms in total. The molecule has 3 rings (SSSR count). The number of anilines is 4. The van der Waals surface area contributed by atoms with Crippen LogP contribution in [0.3, 0.4) is 0 Å². The first-order valence-corrected chi connectivity index (χ1v) is 8.86. The van der Waals surface area contributed by atoms with E-state index in [1.807, 2.05) is 45.2 Å². The molecule has 9 heteroatoms. The number of amides is 1. The molecule has 0 bridgehead atoms. The van der Waals surface area contributed by atoms with E-state index < -0.39 is 0 Å². The maximum absolute atomic E-state index is 11.5. The van der Waals surface area contributed by atoms with Gasteiger partial charge in [-0.15, -0.1) is 0 Å². The van der Waals surface area contributed by atoms with Crippen molar-refractivity contribution in [1.29, 1.82) is 0 Å². The number of carbonyl (C=O) groups is 1. The van der Waals surface area contributed by atoms with Crippen LogP contribution in [0.25, 0.3) is 0 Å². The van der Waals surface area contributed by atoms with Gasteiger partial charge in [-0.3, -0.25) is 4.79 Å². The summed E-state index contributed by atoms with van der Waals surface area (Å²) in [5, 5.41) is 9.34. The molecule has 2 aromatic heterocycles. The Morgan fingerprint density at radius 1 is 1.26 bits per heavy atom. The molecule has 0 aliphatic heterocycles. The van der Waals surface area contributed by atoms with E-state index >= 15 is 0 Å². The molecule has 1 amide bonds. The standard InChI is InChI=1S/C18H22BN7O/c1-2-16(27)24-12-4-3-5-13(8-12)25-18-22-10-15(19)17(26-18)21-7-6-14-9-20-11-23-14/h3-5,8-11H,2,6-7,19H2,1H3,(H,20,23)(H,24,27)(H2,21,22,25,26). The Balaban J connectivity index is 1.65. The summed E-state index contributed by atoms with van der Waals surface area (Å²) in [7, 11) is 1.96. The van der Waals surface area contributed by atoms with Gasteiger partial charge in [0.25, 0.3) is 0 Å². The summed E-state index contributed by atoms with van der Waals surface area (Å²) in [6, 6.07) is 7.46. The van der Waals surface area contributed by atoms with Crippen LogP contribution in [-0.2, 0) is 11.2 Å². The SMILES string of the molecule is Bc1cnc(Nc2cccc(NC(=O)CC)c2)nc1NCCc1c[nH]cn1. The zero-order valence-electron chi connectivity index (χ0n) is 15.4. The van der Waals surface area contributed by atoms with Crippen LogP contribution in [0.5, 0.6) is 0 Å². The first kappa shape index (κ1) is 18.4. The predicted molar refractivity (Wildman–Crippen MR) is 110 cm³/mol. The van der Waals surface area contributed by atoms with Crippen molar-refractivity contribution >= 4 is 42.4 Å². The Morgan fingerprint density at radius 2 is 2.11 bits per heavy atom. The lowest BCUT2D eigenvalue weighted by atomic mass is 9.99. The van der Waals surface area contributed by atoms with Gasteiger partial charge in [0.05, 0.1) is 12.0 Å². The molecule has 0 aliphatic carbocycles. The van der Waals surface area contributed by atoms with Crippen LogP contribution in [0, 0.1) is 0 Å². The molecule has 138 valence electrons. The zero-order valence-corrected chi connectivity index (χ0v) is 15.4. The highest BCUT2D eigenvalue weighted by molar-refractivity contribution is 6.35. The number of H-pyrrole nitrogens is 1. The van der Waals surface area contributed by atoms with Gasteiger partial charge in [0, 0.05) is 43.2 Å². The molecule has 0 saturated carbocycles. The highest BCUT2D eigenvalue weighted by Crippen LogP contribution is 2.18. The van der Waals surface area contributed by atoms with Crippen LogP contribution in [0.15, 0.2) is 43.0 Å². The maximum atomic E-state index is 11.5. The van der Waals surface area contributed by atoms with Gasteiger partial charge < -0.3 is 20.9 Å². The lowest BCUT2D eigenvalue weighted by Crippen LogP contribution is -2.18. The molecule has 0 aliphatic rings. The summed E-state index contributed by atoms with van der Waals surface area (Å²) in [6.45, 7) is 2.54. The van der Waals surface area contributed by atoms with Gasteiger partial charge in [-0.2, -0.15) is 4.98 Å². The third-order valence-corrected chi connectivity index (χ3v) is 3.92. The van der Waals surface area contributed by atoms with Crippen LogP contribution in [0.2, 0.25) is 0 Å². The number of carbonyl (C=O) groups excluding carboxylic acids is 1. The average molecular weight is 363 g/mol. The van der Waals surface area contributed by atoms with Crippen molar-refractivity contribution in [1.82, 2.24) is 19.9 Å². The zero-order chi connectivity index (χ0) is 19.1. The summed E-state index contributed by atoms with van der Waals surface area (Å²) in [5.74, 6) is 1.24. The van der Waals surface area contributed by atoms with Crippen LogP contribution in [0.4, 0.5) is 23.1 Å². The van der Waals surface area contributed by atoms with E-state index in [9.17, 15) is 4.79 Å². The number of imidazole rings is 1. The minimum absolute atomic E-state index is 0.0258. The molecule has 0 radical (unpaired) electrons. The highest BCUT2D eigenvalue weighted by atomic mass is 16.1. The molecule has 27 heavy (non-hydrogen) atoms. The van der Waals surface area contributed by atoms with Crippen LogP contribution >= 0.6 is 0 Å². The second-order valence-corrected chi connectivity index (χ2v) is 6.07. The molecule has 0 atom stereocenters. The number of benzene rings is 1. The fourth-order valence-corrected chi connectivity index (χ4v) is 2.47. The van der Waals surface area contributed by atoms with Gasteiger partial charge in [-0.1, -0.05) is 13.0 Å². The van der Waals surface area contributed by atoms with Crippen molar-refractivity contribution in [3.63, 3.8) is 0 Å². The number of rotatable bonds is 8. The number of nitrogens with one attached hydrogen (secondary N) is 4. The van der Waals surface area contributed by atoms with E-state index in [2.05, 4.69) is 35.9 Å². The Hall–Kier alpha value is -3.36. The van der Waals surface area contributed by atoms with E-state index in [-0.39, 0.29) is 5.91 Å². The fraction of sp³-hybridized carbons (Fsp3) is 0.222. The molecule has 0 unspecified atom stereocenters. The smallest absolute Gasteiger partial charge is 0.229 e. The molecular formula is C18H22BN7O. The van der Waals surface area contributed by atoms with Gasteiger partial charge in [0.15, 0.2) is 0 Å². The lowest BCUT2D eigenvalue weighted by Gasteiger charge is -2.11. The van der Waals surface area contributed by atoms with Crippen LogP contribution < -0.4 is 21.4 Å². The molecule has 0 saturated heterocycles. The third-order valence-electron chi connectivity index (χ3n) is 3.92. The highest BCUT2D eigenvalue weighted by Gasteiger charge is 2.06. The van der Waals surface area contributed by atoms with E-state index in [1.165, 1.54) is 0 Å². The number of aromatic amines is 1. The van der Waals surface area contributed by atoms with Gasteiger partial charge in [0.2, 0.25) is 11.9 Å². The summed E-state index contributed by atoms with van der Waals surface area (Å²) >= 11 is 0. The van der Waals surface area contributed by atoms with Gasteiger partial charge in [0.1, 0.15) is 13.7 Å². The molecule has 0 spiro atoms. The van der Waals surface area contributed by atoms with Crippen molar-refractivity contribution in [3.8, 4) is 0 Å². The van der Waals surface area contributed by atoms with Crippen molar-refractivity contribution in [2.24, 2.45) is 0 Å². The minimum Gasteiger partial charge on any atom is -0.370 e. The minimum atomic E-state index is -0.0258. The van der Waals surface area contributed by atoms with Crippen molar-refractivity contribution in [3.05, 3.63) is 48.7 Å². The summed E-state index contributed by atoms with van der Waals surface area (Å²) in [5.41, 5.74) is 3.50. The Kier molecular flexibility index (Phi) is 6.04. The number of hydrogen-bond donors (Lipinski definition) is 4. The predicted octanol–water partition coefficient (Wildman–Crippen LogP) is 1.20. The van der Waals surface area contributed by atoms with Gasteiger partial charge in [-0.05, 0) is 23.7 Å². The largest absolute Gasteiger partial charge is 0.370 e. The van der Waals surface area contributed by atoms with Crippen molar-refractivity contribution < 1.29 is 4.79 Å². The second kappa shape index (κ2) is 8.84. The van der Waals surface area contributed by atoms with Gasteiger partial charge in [-0.25, -0.2) is 9.97 Å². The summed E-state index contributed by atoms with van der Waals surface area (Å²) in [6.07, 6.45) is 6.56. The molecule has 2 heterocycles. The first-order valence-electron chi connectivity index (χ1n) is 8.86. The average Bonchev–Trinajstić information content (AvgIpc) is 3.18. The van der Waals surface area contributed by atoms with Crippen LogP contribution in [0.1, 0.15) is 19.0 Å². The summed E-state index contributed by atoms with van der Waals surface area (Å²) < 4.78 is 0. The van der Waals surface area contributed by atoms with E-state index in [0.29, 0.717) is 12.4 Å². The monoisotopic (exact) mass is 363 g/mol. The second-order valence-electron chi connectivity index (χ2n) is 6.07.